The minimum atomic E-state index is -0.559. The predicted molar refractivity (Wildman–Crippen MR) is 83.1 cm³/mol. The molecule has 3 aromatic rings. The lowest BCUT2D eigenvalue weighted by atomic mass is 10.2. The van der Waals surface area contributed by atoms with Gasteiger partial charge in [0.2, 0.25) is 5.82 Å². The summed E-state index contributed by atoms with van der Waals surface area (Å²) in [6.07, 6.45) is 1.33. The molecule has 0 amide bonds. The Hall–Kier alpha value is -2.44. The van der Waals surface area contributed by atoms with E-state index in [0.29, 0.717) is 21.6 Å². The molecular formula is C15H9Cl2N3O3. The van der Waals surface area contributed by atoms with E-state index >= 15 is 0 Å². The van der Waals surface area contributed by atoms with E-state index in [2.05, 4.69) is 15.1 Å². The van der Waals surface area contributed by atoms with Crippen molar-refractivity contribution in [2.45, 2.75) is 6.61 Å². The summed E-state index contributed by atoms with van der Waals surface area (Å²) in [6.45, 7) is -0.144. The minimum Gasteiger partial charge on any atom is -0.452 e. The Labute approximate surface area is 141 Å². The summed E-state index contributed by atoms with van der Waals surface area (Å²) in [6, 6.07) is 10.0. The van der Waals surface area contributed by atoms with Crippen LogP contribution in [0.15, 0.2) is 47.1 Å². The number of hydrogen-bond donors (Lipinski definition) is 0. The van der Waals surface area contributed by atoms with Crippen LogP contribution in [-0.4, -0.2) is 21.1 Å². The summed E-state index contributed by atoms with van der Waals surface area (Å²) in [7, 11) is 0. The molecule has 2 heterocycles. The molecule has 1 aromatic carbocycles. The van der Waals surface area contributed by atoms with Crippen LogP contribution >= 0.6 is 23.2 Å². The number of carbonyl (C=O) groups is 1. The van der Waals surface area contributed by atoms with Gasteiger partial charge in [0.15, 0.2) is 6.61 Å². The lowest BCUT2D eigenvalue weighted by molar-refractivity contribution is 0.0429. The molecule has 0 aliphatic carbocycles. The first kappa shape index (κ1) is 15.5. The molecule has 0 bridgehead atoms. The van der Waals surface area contributed by atoms with Crippen molar-refractivity contribution in [3.8, 4) is 11.4 Å². The molecular weight excluding hydrogens is 341 g/mol. The lowest BCUT2D eigenvalue weighted by Gasteiger charge is -2.01. The number of esters is 1. The fourth-order valence-electron chi connectivity index (χ4n) is 1.77. The molecule has 0 fully saturated rings. The summed E-state index contributed by atoms with van der Waals surface area (Å²) in [4.78, 5) is 19.8. The van der Waals surface area contributed by atoms with Gasteiger partial charge in [-0.1, -0.05) is 40.5 Å². The zero-order valence-corrected chi connectivity index (χ0v) is 13.1. The van der Waals surface area contributed by atoms with E-state index in [1.807, 2.05) is 0 Å². The smallest absolute Gasteiger partial charge is 0.340 e. The van der Waals surface area contributed by atoms with Gasteiger partial charge in [0.05, 0.1) is 5.56 Å². The number of aromatic nitrogens is 3. The first-order valence-corrected chi connectivity index (χ1v) is 7.24. The van der Waals surface area contributed by atoms with Crippen molar-refractivity contribution in [2.24, 2.45) is 0 Å². The Balaban J connectivity index is 1.65. The van der Waals surface area contributed by atoms with Crippen molar-refractivity contribution < 1.29 is 14.1 Å². The number of hydrogen-bond acceptors (Lipinski definition) is 6. The second-order valence-electron chi connectivity index (χ2n) is 4.47. The van der Waals surface area contributed by atoms with Gasteiger partial charge < -0.3 is 9.26 Å². The number of benzene rings is 1. The quantitative estimate of drug-likeness (QED) is 0.526. The third-order valence-corrected chi connectivity index (χ3v) is 3.30. The maximum absolute atomic E-state index is 11.8. The highest BCUT2D eigenvalue weighted by molar-refractivity contribution is 6.30. The second kappa shape index (κ2) is 6.76. The Morgan fingerprint density at radius 3 is 2.83 bits per heavy atom. The summed E-state index contributed by atoms with van der Waals surface area (Å²) in [5, 5.41) is 4.69. The summed E-state index contributed by atoms with van der Waals surface area (Å²) in [5.74, 6) is -0.0152. The number of nitrogens with zero attached hydrogens (tertiary/aromatic N) is 3. The SMILES string of the molecule is O=C(OCc1nc(-c2cccc(Cl)c2)no1)c1ccc(Cl)nc1. The molecule has 23 heavy (non-hydrogen) atoms. The fourth-order valence-corrected chi connectivity index (χ4v) is 2.07. The molecule has 6 nitrogen and oxygen atoms in total. The van der Waals surface area contributed by atoms with E-state index in [9.17, 15) is 4.79 Å². The van der Waals surface area contributed by atoms with Gasteiger partial charge in [-0.3, -0.25) is 0 Å². The largest absolute Gasteiger partial charge is 0.452 e. The average molecular weight is 350 g/mol. The highest BCUT2D eigenvalue weighted by atomic mass is 35.5. The van der Waals surface area contributed by atoms with Gasteiger partial charge in [-0.15, -0.1) is 0 Å². The number of carbonyl (C=O) groups excluding carboxylic acids is 1. The molecule has 0 N–H and O–H groups in total. The highest BCUT2D eigenvalue weighted by Gasteiger charge is 2.13. The number of ether oxygens (including phenoxy) is 1. The molecule has 0 aliphatic heterocycles. The molecule has 3 rings (SSSR count). The van der Waals surface area contributed by atoms with Crippen LogP contribution in [0.5, 0.6) is 0 Å². The molecule has 0 spiro atoms. The third kappa shape index (κ3) is 3.85. The summed E-state index contributed by atoms with van der Waals surface area (Å²) in [5.41, 5.74) is 0.990. The van der Waals surface area contributed by atoms with E-state index < -0.39 is 5.97 Å². The van der Waals surface area contributed by atoms with Crippen LogP contribution in [0.2, 0.25) is 10.2 Å². The molecule has 0 aliphatic rings. The molecule has 116 valence electrons. The van der Waals surface area contributed by atoms with Crippen LogP contribution in [0.1, 0.15) is 16.2 Å². The molecule has 0 atom stereocenters. The van der Waals surface area contributed by atoms with Crippen LogP contribution in [0, 0.1) is 0 Å². The van der Waals surface area contributed by atoms with Gasteiger partial charge in [-0.25, -0.2) is 9.78 Å². The number of rotatable bonds is 4. The second-order valence-corrected chi connectivity index (χ2v) is 5.29. The molecule has 0 unspecified atom stereocenters. The van der Waals surface area contributed by atoms with E-state index in [4.69, 9.17) is 32.5 Å². The van der Waals surface area contributed by atoms with Crippen LogP contribution in [0.25, 0.3) is 11.4 Å². The van der Waals surface area contributed by atoms with Crippen LogP contribution < -0.4 is 0 Å². The van der Waals surface area contributed by atoms with Gasteiger partial charge in [0, 0.05) is 16.8 Å². The predicted octanol–water partition coefficient (Wildman–Crippen LogP) is 3.80. The maximum Gasteiger partial charge on any atom is 0.340 e. The first-order chi connectivity index (χ1) is 11.1. The van der Waals surface area contributed by atoms with E-state index in [0.717, 1.165) is 0 Å². The van der Waals surface area contributed by atoms with Crippen LogP contribution in [-0.2, 0) is 11.3 Å². The van der Waals surface area contributed by atoms with Crippen molar-refractivity contribution in [3.05, 3.63) is 64.2 Å². The summed E-state index contributed by atoms with van der Waals surface area (Å²) >= 11 is 11.6. The van der Waals surface area contributed by atoms with Crippen LogP contribution in [0.3, 0.4) is 0 Å². The molecule has 8 heteroatoms. The van der Waals surface area contributed by atoms with Gasteiger partial charge in [-0.05, 0) is 24.3 Å². The van der Waals surface area contributed by atoms with E-state index in [1.165, 1.54) is 18.3 Å². The summed E-state index contributed by atoms with van der Waals surface area (Å²) < 4.78 is 10.1. The van der Waals surface area contributed by atoms with Crippen LogP contribution in [0.4, 0.5) is 0 Å². The number of pyridine rings is 1. The Bertz CT molecular complexity index is 834. The van der Waals surface area contributed by atoms with Crippen molar-refractivity contribution in [1.29, 1.82) is 0 Å². The van der Waals surface area contributed by atoms with E-state index in [1.54, 1.807) is 24.3 Å². The Morgan fingerprint density at radius 1 is 1.22 bits per heavy atom. The fraction of sp³-hybridized carbons (Fsp3) is 0.0667. The molecule has 0 radical (unpaired) electrons. The maximum atomic E-state index is 11.8. The van der Waals surface area contributed by atoms with Crippen molar-refractivity contribution >= 4 is 29.2 Å². The standard InChI is InChI=1S/C15H9Cl2N3O3/c16-11-3-1-2-9(6-11)14-19-13(23-20-14)8-22-15(21)10-4-5-12(17)18-7-10/h1-7H,8H2. The zero-order valence-electron chi connectivity index (χ0n) is 11.6. The molecule has 0 saturated carbocycles. The van der Waals surface area contributed by atoms with Gasteiger partial charge in [0.1, 0.15) is 5.15 Å². The first-order valence-electron chi connectivity index (χ1n) is 6.49. The number of halogens is 2. The van der Waals surface area contributed by atoms with Crippen molar-refractivity contribution in [2.75, 3.05) is 0 Å². The Kier molecular flexibility index (Phi) is 4.55. The monoisotopic (exact) mass is 349 g/mol. The normalized spacial score (nSPS) is 10.5. The highest BCUT2D eigenvalue weighted by Crippen LogP contribution is 2.20. The van der Waals surface area contributed by atoms with Crippen molar-refractivity contribution in [3.63, 3.8) is 0 Å². The topological polar surface area (TPSA) is 78.1 Å². The zero-order chi connectivity index (χ0) is 16.2. The average Bonchev–Trinajstić information content (AvgIpc) is 3.02. The van der Waals surface area contributed by atoms with Gasteiger partial charge in [0.25, 0.3) is 5.89 Å². The van der Waals surface area contributed by atoms with Gasteiger partial charge >= 0.3 is 5.97 Å². The third-order valence-electron chi connectivity index (χ3n) is 2.84. The minimum absolute atomic E-state index is 0.144. The molecule has 0 saturated heterocycles. The van der Waals surface area contributed by atoms with Gasteiger partial charge in [-0.2, -0.15) is 4.98 Å². The van der Waals surface area contributed by atoms with Crippen molar-refractivity contribution in [1.82, 2.24) is 15.1 Å². The van der Waals surface area contributed by atoms with E-state index in [-0.39, 0.29) is 18.1 Å². The molecule has 2 aromatic heterocycles. The Morgan fingerprint density at radius 2 is 2.09 bits per heavy atom. The lowest BCUT2D eigenvalue weighted by Crippen LogP contribution is -2.05.